The summed E-state index contributed by atoms with van der Waals surface area (Å²) in [6.45, 7) is 0. The molecule has 0 bridgehead atoms. The second-order valence-corrected chi connectivity index (χ2v) is 3.35. The average Bonchev–Trinajstić information content (AvgIpc) is 2.33. The van der Waals surface area contributed by atoms with E-state index in [1.807, 2.05) is 24.0 Å². The van der Waals surface area contributed by atoms with E-state index < -0.39 is 0 Å². The largest absolute Gasteiger partial charge is 0.357 e. The van der Waals surface area contributed by atoms with Crippen LogP contribution in [0.2, 0.25) is 0 Å². The lowest BCUT2D eigenvalue weighted by atomic mass is 10.3. The van der Waals surface area contributed by atoms with Crippen molar-refractivity contribution in [3.63, 3.8) is 0 Å². The molecule has 0 saturated heterocycles. The summed E-state index contributed by atoms with van der Waals surface area (Å²) in [5.74, 6) is -0.325. The summed E-state index contributed by atoms with van der Waals surface area (Å²) in [7, 11) is 1.91. The van der Waals surface area contributed by atoms with Gasteiger partial charge in [-0.2, -0.15) is 0 Å². The number of hydrogen-bond donors (Lipinski definition) is 0. The maximum Gasteiger partial charge on any atom is 0.296 e. The zero-order valence-electron chi connectivity index (χ0n) is 8.87. The minimum Gasteiger partial charge on any atom is -0.357 e. The van der Waals surface area contributed by atoms with Crippen LogP contribution in [-0.2, 0) is 7.05 Å². The van der Waals surface area contributed by atoms with Crippen molar-refractivity contribution in [2.75, 3.05) is 0 Å². The number of aryl methyl sites for hydroxylation is 1. The Labute approximate surface area is 92.9 Å². The predicted octanol–water partition coefficient (Wildman–Crippen LogP) is 1.16. The molecule has 0 aliphatic rings. The summed E-state index contributed by atoms with van der Waals surface area (Å²) in [5, 5.41) is 0.633. The van der Waals surface area contributed by atoms with Gasteiger partial charge in [0.1, 0.15) is 5.69 Å². The van der Waals surface area contributed by atoms with E-state index in [4.69, 9.17) is 0 Å². The quantitative estimate of drug-likeness (QED) is 0.713. The third kappa shape index (κ3) is 2.42. The number of pyridine rings is 2. The van der Waals surface area contributed by atoms with E-state index in [-0.39, 0.29) is 5.91 Å². The molecular formula is C12H11N3O. The number of carbonyl (C=O) groups excluding carboxylic acids is 1. The summed E-state index contributed by atoms with van der Waals surface area (Å²) in [6.07, 6.45) is 5.25. The zero-order valence-corrected chi connectivity index (χ0v) is 8.87. The number of hydrogen-bond acceptors (Lipinski definition) is 2. The minimum atomic E-state index is -0.325. The molecule has 0 unspecified atom stereocenters. The van der Waals surface area contributed by atoms with Gasteiger partial charge in [0.05, 0.1) is 5.36 Å². The van der Waals surface area contributed by atoms with Crippen LogP contribution < -0.4 is 5.36 Å². The Hall–Kier alpha value is -2.23. The molecule has 0 aliphatic carbocycles. The molecule has 2 aromatic heterocycles. The van der Waals surface area contributed by atoms with Crippen molar-refractivity contribution in [3.05, 3.63) is 60.0 Å². The molecular weight excluding hydrogens is 202 g/mol. The van der Waals surface area contributed by atoms with Crippen LogP contribution in [0, 0.1) is 0 Å². The number of nitrogens with zero attached hydrogens (tertiary/aromatic N) is 3. The molecule has 2 aromatic rings. The van der Waals surface area contributed by atoms with Gasteiger partial charge in [0.25, 0.3) is 5.91 Å². The molecule has 4 heteroatoms. The summed E-state index contributed by atoms with van der Waals surface area (Å²) < 4.78 is 1.88. The molecule has 0 fully saturated rings. The van der Waals surface area contributed by atoms with Gasteiger partial charge in [0.2, 0.25) is 0 Å². The Bertz CT molecular complexity index is 537. The lowest BCUT2D eigenvalue weighted by molar-refractivity contribution is 0.0994. The number of rotatable bonds is 1. The number of carbonyl (C=O) groups is 1. The maximum absolute atomic E-state index is 11.7. The molecule has 80 valence electrons. The Morgan fingerprint density at radius 1 is 1.25 bits per heavy atom. The maximum atomic E-state index is 11.7. The minimum absolute atomic E-state index is 0.325. The Balaban J connectivity index is 2.31. The Kier molecular flexibility index (Phi) is 2.91. The van der Waals surface area contributed by atoms with E-state index in [1.54, 1.807) is 36.5 Å². The fraction of sp³-hybridized carbons (Fsp3) is 0.0833. The second kappa shape index (κ2) is 4.53. The summed E-state index contributed by atoms with van der Waals surface area (Å²) in [6, 6.07) is 8.73. The summed E-state index contributed by atoms with van der Waals surface area (Å²) in [4.78, 5) is 19.6. The van der Waals surface area contributed by atoms with Gasteiger partial charge < -0.3 is 4.57 Å². The molecule has 4 nitrogen and oxygen atoms in total. The van der Waals surface area contributed by atoms with Gasteiger partial charge in [-0.05, 0) is 24.3 Å². The summed E-state index contributed by atoms with van der Waals surface area (Å²) >= 11 is 0. The normalized spacial score (nSPS) is 9.81. The van der Waals surface area contributed by atoms with Crippen molar-refractivity contribution < 1.29 is 4.79 Å². The van der Waals surface area contributed by atoms with Crippen molar-refractivity contribution >= 4 is 5.91 Å². The summed E-state index contributed by atoms with van der Waals surface area (Å²) in [5.41, 5.74) is 0.357. The van der Waals surface area contributed by atoms with E-state index >= 15 is 0 Å². The van der Waals surface area contributed by atoms with Crippen LogP contribution in [0.4, 0.5) is 0 Å². The monoisotopic (exact) mass is 213 g/mol. The Morgan fingerprint density at radius 3 is 2.62 bits per heavy atom. The van der Waals surface area contributed by atoms with Crippen LogP contribution in [0.3, 0.4) is 0 Å². The van der Waals surface area contributed by atoms with Crippen LogP contribution in [0.5, 0.6) is 0 Å². The van der Waals surface area contributed by atoms with E-state index in [0.717, 1.165) is 0 Å². The van der Waals surface area contributed by atoms with Crippen LogP contribution >= 0.6 is 0 Å². The van der Waals surface area contributed by atoms with Crippen LogP contribution in [-0.4, -0.2) is 15.5 Å². The molecule has 16 heavy (non-hydrogen) atoms. The smallest absolute Gasteiger partial charge is 0.296 e. The zero-order chi connectivity index (χ0) is 11.4. The first-order chi connectivity index (χ1) is 7.75. The molecule has 0 saturated carbocycles. The molecule has 0 aromatic carbocycles. The van der Waals surface area contributed by atoms with Crippen molar-refractivity contribution in [2.24, 2.45) is 12.0 Å². The van der Waals surface area contributed by atoms with Gasteiger partial charge in [-0.25, -0.2) is 4.99 Å². The first-order valence-electron chi connectivity index (χ1n) is 4.88. The molecule has 0 radical (unpaired) electrons. The third-order valence-electron chi connectivity index (χ3n) is 2.08. The van der Waals surface area contributed by atoms with Crippen molar-refractivity contribution in [3.8, 4) is 0 Å². The van der Waals surface area contributed by atoms with Gasteiger partial charge >= 0.3 is 0 Å². The lowest BCUT2D eigenvalue weighted by Gasteiger charge is -1.95. The van der Waals surface area contributed by atoms with Gasteiger partial charge in [-0.1, -0.05) is 6.07 Å². The topological polar surface area (TPSA) is 47.2 Å². The van der Waals surface area contributed by atoms with Crippen molar-refractivity contribution in [1.82, 2.24) is 9.55 Å². The predicted molar refractivity (Wildman–Crippen MR) is 59.5 cm³/mol. The number of aromatic nitrogens is 2. The van der Waals surface area contributed by atoms with Crippen LogP contribution in [0.25, 0.3) is 0 Å². The van der Waals surface area contributed by atoms with E-state index in [9.17, 15) is 4.79 Å². The van der Waals surface area contributed by atoms with Gasteiger partial charge in [0, 0.05) is 25.6 Å². The fourth-order valence-corrected chi connectivity index (χ4v) is 1.23. The standard InChI is InChI=1S/C12H11N3O/c1-15-8-5-10(6-9-15)14-12(16)11-4-2-3-7-13-11/h2-9H,1H3. The number of amides is 1. The highest BCUT2D eigenvalue weighted by atomic mass is 16.1. The lowest BCUT2D eigenvalue weighted by Crippen LogP contribution is -2.08. The molecule has 0 atom stereocenters. The molecule has 0 N–H and O–H groups in total. The van der Waals surface area contributed by atoms with Crippen molar-refractivity contribution in [2.45, 2.75) is 0 Å². The van der Waals surface area contributed by atoms with Crippen LogP contribution in [0.15, 0.2) is 53.9 Å². The average molecular weight is 213 g/mol. The van der Waals surface area contributed by atoms with E-state index in [2.05, 4.69) is 9.98 Å². The van der Waals surface area contributed by atoms with Crippen LogP contribution in [0.1, 0.15) is 10.5 Å². The molecule has 0 spiro atoms. The Morgan fingerprint density at radius 2 is 2.00 bits per heavy atom. The van der Waals surface area contributed by atoms with E-state index in [0.29, 0.717) is 11.1 Å². The van der Waals surface area contributed by atoms with Gasteiger partial charge in [0.15, 0.2) is 0 Å². The van der Waals surface area contributed by atoms with Crippen molar-refractivity contribution in [1.29, 1.82) is 0 Å². The molecule has 2 heterocycles. The SMILES string of the molecule is Cn1ccc(=NC(=O)c2ccccn2)cc1. The first kappa shape index (κ1) is 10.3. The van der Waals surface area contributed by atoms with E-state index in [1.165, 1.54) is 0 Å². The highest BCUT2D eigenvalue weighted by molar-refractivity contribution is 5.92. The molecule has 0 aliphatic heterocycles. The fourth-order valence-electron chi connectivity index (χ4n) is 1.23. The highest BCUT2D eigenvalue weighted by Gasteiger charge is 2.02. The molecule has 2 rings (SSSR count). The first-order valence-corrected chi connectivity index (χ1v) is 4.88. The second-order valence-electron chi connectivity index (χ2n) is 3.35. The van der Waals surface area contributed by atoms with Gasteiger partial charge in [-0.15, -0.1) is 0 Å². The third-order valence-corrected chi connectivity index (χ3v) is 2.08. The highest BCUT2D eigenvalue weighted by Crippen LogP contribution is 1.94. The molecule has 1 amide bonds. The van der Waals surface area contributed by atoms with Gasteiger partial charge in [-0.3, -0.25) is 9.78 Å².